The van der Waals surface area contributed by atoms with Crippen LogP contribution in [0.25, 0.3) is 11.5 Å². The third-order valence-corrected chi connectivity index (χ3v) is 7.42. The van der Waals surface area contributed by atoms with Crippen LogP contribution in [0.4, 0.5) is 16.2 Å². The van der Waals surface area contributed by atoms with Crippen molar-refractivity contribution >= 4 is 17.4 Å². The highest BCUT2D eigenvalue weighted by Crippen LogP contribution is 2.39. The van der Waals surface area contributed by atoms with Crippen molar-refractivity contribution in [3.8, 4) is 17.3 Å². The number of anilines is 2. The van der Waals surface area contributed by atoms with E-state index in [1.54, 1.807) is 7.11 Å². The van der Waals surface area contributed by atoms with E-state index in [1.165, 1.54) is 0 Å². The van der Waals surface area contributed by atoms with Gasteiger partial charge in [0.1, 0.15) is 11.6 Å². The molecule has 3 aromatic carbocycles. The maximum absolute atomic E-state index is 14.2. The molecule has 0 spiro atoms. The van der Waals surface area contributed by atoms with Crippen LogP contribution in [0, 0.1) is 6.92 Å². The van der Waals surface area contributed by atoms with E-state index in [-0.39, 0.29) is 12.1 Å². The molecule has 0 saturated heterocycles. The van der Waals surface area contributed by atoms with Gasteiger partial charge in [-0.15, -0.1) is 0 Å². The van der Waals surface area contributed by atoms with Crippen LogP contribution in [-0.2, 0) is 6.54 Å². The van der Waals surface area contributed by atoms with Crippen molar-refractivity contribution < 1.29 is 9.53 Å². The number of aromatic nitrogens is 3. The van der Waals surface area contributed by atoms with Gasteiger partial charge in [-0.25, -0.2) is 9.48 Å². The predicted molar refractivity (Wildman–Crippen MR) is 158 cm³/mol. The number of hydrogen-bond acceptors (Lipinski definition) is 4. The SMILES string of the molecule is COc1ccccc1NC(=O)N1Cc2c(C)nn(-c3ccccc3)c2-n2cccc2[C@@H]1c1ccc(N(C)C)cc1. The Morgan fingerprint density at radius 3 is 2.40 bits per heavy atom. The highest BCUT2D eigenvalue weighted by Gasteiger charge is 2.36. The lowest BCUT2D eigenvalue weighted by Crippen LogP contribution is -2.38. The Labute approximate surface area is 234 Å². The third kappa shape index (κ3) is 4.37. The lowest BCUT2D eigenvalue weighted by atomic mass is 10.0. The Hall–Kier alpha value is -4.98. The minimum atomic E-state index is -0.350. The highest BCUT2D eigenvalue weighted by atomic mass is 16.5. The summed E-state index contributed by atoms with van der Waals surface area (Å²) >= 11 is 0. The molecule has 2 amide bonds. The number of methoxy groups -OCH3 is 1. The monoisotopic (exact) mass is 532 g/mol. The number of fused-ring (bicyclic) bond motifs is 3. The van der Waals surface area contributed by atoms with Crippen molar-refractivity contribution in [3.63, 3.8) is 0 Å². The summed E-state index contributed by atoms with van der Waals surface area (Å²) in [5, 5.41) is 8.05. The maximum atomic E-state index is 14.2. The van der Waals surface area contributed by atoms with Gasteiger partial charge in [-0.05, 0) is 61.0 Å². The molecule has 40 heavy (non-hydrogen) atoms. The average Bonchev–Trinajstić information content (AvgIpc) is 3.54. The zero-order valence-corrected chi connectivity index (χ0v) is 23.1. The minimum Gasteiger partial charge on any atom is -0.495 e. The highest BCUT2D eigenvalue weighted by molar-refractivity contribution is 5.91. The van der Waals surface area contributed by atoms with E-state index >= 15 is 0 Å². The second kappa shape index (κ2) is 10.3. The number of ether oxygens (including phenoxy) is 1. The Balaban J connectivity index is 1.52. The normalized spacial score (nSPS) is 14.2. The van der Waals surface area contributed by atoms with Gasteiger partial charge in [-0.1, -0.05) is 42.5 Å². The van der Waals surface area contributed by atoms with Gasteiger partial charge in [0, 0.05) is 31.5 Å². The van der Waals surface area contributed by atoms with Gasteiger partial charge >= 0.3 is 6.03 Å². The number of carbonyl (C=O) groups is 1. The van der Waals surface area contributed by atoms with Gasteiger partial charge in [0.05, 0.1) is 42.5 Å². The second-order valence-corrected chi connectivity index (χ2v) is 10.1. The molecule has 0 saturated carbocycles. The van der Waals surface area contributed by atoms with Crippen molar-refractivity contribution in [2.24, 2.45) is 0 Å². The first kappa shape index (κ1) is 25.3. The van der Waals surface area contributed by atoms with Gasteiger partial charge in [0.15, 0.2) is 0 Å². The number of nitrogens with zero attached hydrogens (tertiary/aromatic N) is 5. The fourth-order valence-electron chi connectivity index (χ4n) is 5.39. The summed E-state index contributed by atoms with van der Waals surface area (Å²) in [6, 6.07) is 29.5. The number of urea groups is 1. The van der Waals surface area contributed by atoms with Crippen LogP contribution in [-0.4, -0.2) is 46.5 Å². The molecule has 1 N–H and O–H groups in total. The second-order valence-electron chi connectivity index (χ2n) is 10.1. The maximum Gasteiger partial charge on any atom is 0.323 e. The average molecular weight is 533 g/mol. The lowest BCUT2D eigenvalue weighted by molar-refractivity contribution is 0.194. The molecule has 1 aliphatic rings. The van der Waals surface area contributed by atoms with E-state index in [0.717, 1.165) is 39.7 Å². The van der Waals surface area contributed by atoms with Crippen LogP contribution in [0.5, 0.6) is 5.75 Å². The lowest BCUT2D eigenvalue weighted by Gasteiger charge is -2.31. The first-order chi connectivity index (χ1) is 19.5. The number of benzene rings is 3. The number of hydrogen-bond donors (Lipinski definition) is 1. The molecular weight excluding hydrogens is 500 g/mol. The van der Waals surface area contributed by atoms with Crippen LogP contribution in [0.1, 0.15) is 28.6 Å². The molecule has 8 heteroatoms. The quantitative estimate of drug-likeness (QED) is 0.293. The first-order valence-corrected chi connectivity index (χ1v) is 13.3. The topological polar surface area (TPSA) is 67.6 Å². The largest absolute Gasteiger partial charge is 0.495 e. The Morgan fingerprint density at radius 2 is 1.68 bits per heavy atom. The van der Waals surface area contributed by atoms with E-state index in [0.29, 0.717) is 18.0 Å². The number of aryl methyl sites for hydroxylation is 1. The number of amides is 2. The molecule has 1 atom stereocenters. The standard InChI is InChI=1S/C32H32N6O2/c1-22-26-21-37(32(39)33-27-13-8-9-15-29(27)40-4)30(23-16-18-24(19-17-23)35(2)3)28-14-10-20-36(28)31(26)38(34-22)25-11-6-5-7-12-25/h5-20,30H,21H2,1-4H3,(H,33,39)/t30-/m0/s1. The molecule has 1 aliphatic heterocycles. The molecule has 3 heterocycles. The summed E-state index contributed by atoms with van der Waals surface area (Å²) in [5.41, 5.74) is 6.53. The predicted octanol–water partition coefficient (Wildman–Crippen LogP) is 6.18. The van der Waals surface area contributed by atoms with E-state index in [9.17, 15) is 4.79 Å². The molecule has 202 valence electrons. The summed E-state index contributed by atoms with van der Waals surface area (Å²) in [4.78, 5) is 18.1. The van der Waals surface area contributed by atoms with Gasteiger partial charge in [0.2, 0.25) is 0 Å². The molecule has 0 aliphatic carbocycles. The minimum absolute atomic E-state index is 0.223. The third-order valence-electron chi connectivity index (χ3n) is 7.42. The van der Waals surface area contributed by atoms with Crippen LogP contribution in [0.2, 0.25) is 0 Å². The molecule has 0 radical (unpaired) electrons. The fourth-order valence-corrected chi connectivity index (χ4v) is 5.39. The fraction of sp³-hybridized carbons (Fsp3) is 0.188. The molecule has 0 bridgehead atoms. The van der Waals surface area contributed by atoms with Crippen LogP contribution >= 0.6 is 0 Å². The molecular formula is C32H32N6O2. The van der Waals surface area contributed by atoms with Crippen molar-refractivity contribution in [2.75, 3.05) is 31.4 Å². The zero-order valence-electron chi connectivity index (χ0n) is 23.1. The van der Waals surface area contributed by atoms with E-state index in [1.807, 2.05) is 91.3 Å². The number of nitrogens with one attached hydrogen (secondary N) is 1. The summed E-state index contributed by atoms with van der Waals surface area (Å²) < 4.78 is 9.67. The first-order valence-electron chi connectivity index (χ1n) is 13.3. The number of rotatable bonds is 5. The molecule has 6 rings (SSSR count). The number of carbonyl (C=O) groups excluding carboxylic acids is 1. The molecule has 5 aromatic rings. The summed E-state index contributed by atoms with van der Waals surface area (Å²) in [6.07, 6.45) is 2.05. The van der Waals surface area contributed by atoms with Crippen LogP contribution in [0.15, 0.2) is 97.2 Å². The zero-order chi connectivity index (χ0) is 27.8. The molecule has 2 aromatic heterocycles. The molecule has 0 fully saturated rings. The van der Waals surface area contributed by atoms with Gasteiger partial charge < -0.3 is 24.4 Å². The Bertz CT molecular complexity index is 1650. The van der Waals surface area contributed by atoms with Crippen molar-refractivity contribution in [1.82, 2.24) is 19.2 Å². The number of para-hydroxylation sites is 3. The van der Waals surface area contributed by atoms with E-state index in [4.69, 9.17) is 9.84 Å². The van der Waals surface area contributed by atoms with E-state index < -0.39 is 0 Å². The van der Waals surface area contributed by atoms with Crippen molar-refractivity contribution in [2.45, 2.75) is 19.5 Å². The summed E-state index contributed by atoms with van der Waals surface area (Å²) in [6.45, 7) is 2.38. The molecule has 8 nitrogen and oxygen atoms in total. The van der Waals surface area contributed by atoms with Crippen molar-refractivity contribution in [1.29, 1.82) is 0 Å². The van der Waals surface area contributed by atoms with Gasteiger partial charge in [-0.3, -0.25) is 0 Å². The summed E-state index contributed by atoms with van der Waals surface area (Å²) in [5.74, 6) is 1.54. The smallest absolute Gasteiger partial charge is 0.323 e. The van der Waals surface area contributed by atoms with Crippen LogP contribution in [0.3, 0.4) is 0 Å². The summed E-state index contributed by atoms with van der Waals surface area (Å²) in [7, 11) is 5.65. The van der Waals surface area contributed by atoms with Crippen molar-refractivity contribution in [3.05, 3.63) is 120 Å². The molecule has 0 unspecified atom stereocenters. The van der Waals surface area contributed by atoms with E-state index in [2.05, 4.69) is 51.3 Å². The van der Waals surface area contributed by atoms with Crippen LogP contribution < -0.4 is 15.0 Å². The van der Waals surface area contributed by atoms with Gasteiger partial charge in [-0.2, -0.15) is 5.10 Å². The Kier molecular flexibility index (Phi) is 6.51. The van der Waals surface area contributed by atoms with Gasteiger partial charge in [0.25, 0.3) is 0 Å². The Morgan fingerprint density at radius 1 is 0.950 bits per heavy atom.